The van der Waals surface area contributed by atoms with Crippen LogP contribution in [0.3, 0.4) is 0 Å². The number of allylic oxidation sites excluding steroid dienone is 1. The molecule has 0 aromatic rings. The number of fused-ring (bicyclic) bond motifs is 2. The van der Waals surface area contributed by atoms with E-state index in [0.29, 0.717) is 0 Å². The molecule has 2 aliphatic carbocycles. The first-order chi connectivity index (χ1) is 12.8. The molecular formula is C20H27NO6. The van der Waals surface area contributed by atoms with Crippen molar-refractivity contribution in [2.75, 3.05) is 7.11 Å². The van der Waals surface area contributed by atoms with Crippen molar-refractivity contribution in [2.24, 2.45) is 16.7 Å². The molecule has 2 saturated carbocycles. The highest BCUT2D eigenvalue weighted by atomic mass is 17.0. The summed E-state index contributed by atoms with van der Waals surface area (Å²) < 4.78 is 10.8. The minimum Gasteiger partial charge on any atom is -0.467 e. The van der Waals surface area contributed by atoms with E-state index in [9.17, 15) is 9.59 Å². The number of hydrogen-bond donors (Lipinski definition) is 0. The fraction of sp³-hybridized carbons (Fsp3) is 0.800. The number of nitrogens with zero attached hydrogens (tertiary/aromatic N) is 1. The number of methoxy groups -OCH3 is 1. The van der Waals surface area contributed by atoms with E-state index in [1.165, 1.54) is 12.3 Å². The maximum atomic E-state index is 13.3. The second-order valence-electron chi connectivity index (χ2n) is 9.23. The minimum absolute atomic E-state index is 0.0338. The topological polar surface area (TPSA) is 74.3 Å². The average Bonchev–Trinajstić information content (AvgIpc) is 2.95. The third-order valence-electron chi connectivity index (χ3n) is 7.82. The summed E-state index contributed by atoms with van der Waals surface area (Å²) >= 11 is 0. The van der Waals surface area contributed by atoms with Gasteiger partial charge in [-0.15, -0.1) is 0 Å². The predicted octanol–water partition coefficient (Wildman–Crippen LogP) is 2.31. The van der Waals surface area contributed by atoms with Crippen LogP contribution >= 0.6 is 0 Å². The van der Waals surface area contributed by atoms with Crippen molar-refractivity contribution in [1.82, 2.24) is 5.23 Å². The van der Waals surface area contributed by atoms with Gasteiger partial charge in [0.2, 0.25) is 0 Å². The lowest BCUT2D eigenvalue weighted by atomic mass is 9.41. The van der Waals surface area contributed by atoms with Gasteiger partial charge in [0, 0.05) is 11.3 Å². The number of esters is 2. The SMILES string of the molecule is COC(=O)[C@@]1(C)ON2O[C@H](C=C(C)C)[C@]34CC[C@H]1[C@H]2[C@@]31CC[C@@H](C4)OC1=O. The third-order valence-corrected chi connectivity index (χ3v) is 7.82. The molecule has 6 aliphatic rings. The maximum Gasteiger partial charge on any atom is 0.340 e. The van der Waals surface area contributed by atoms with Crippen LogP contribution in [-0.4, -0.2) is 48.1 Å². The van der Waals surface area contributed by atoms with Crippen LogP contribution in [0.4, 0.5) is 0 Å². The van der Waals surface area contributed by atoms with E-state index in [2.05, 4.69) is 6.08 Å². The zero-order valence-electron chi connectivity index (χ0n) is 16.3. The van der Waals surface area contributed by atoms with Gasteiger partial charge in [0.1, 0.15) is 12.2 Å². The molecule has 27 heavy (non-hydrogen) atoms. The summed E-state index contributed by atoms with van der Waals surface area (Å²) in [7, 11) is 1.37. The molecule has 0 radical (unpaired) electrons. The minimum atomic E-state index is -1.16. The van der Waals surface area contributed by atoms with Gasteiger partial charge in [0.15, 0.2) is 5.60 Å². The molecule has 0 amide bonds. The molecular weight excluding hydrogens is 350 g/mol. The number of hydrogen-bond acceptors (Lipinski definition) is 7. The Bertz CT molecular complexity index is 747. The van der Waals surface area contributed by atoms with E-state index in [1.54, 1.807) is 6.92 Å². The van der Waals surface area contributed by atoms with Gasteiger partial charge in [-0.2, -0.15) is 0 Å². The molecule has 0 unspecified atom stereocenters. The highest BCUT2D eigenvalue weighted by molar-refractivity contribution is 5.84. The monoisotopic (exact) mass is 377 g/mol. The van der Waals surface area contributed by atoms with Gasteiger partial charge in [-0.3, -0.25) is 14.5 Å². The molecule has 4 bridgehead atoms. The lowest BCUT2D eigenvalue weighted by molar-refractivity contribution is -0.453. The van der Waals surface area contributed by atoms with Crippen molar-refractivity contribution in [3.63, 3.8) is 0 Å². The van der Waals surface area contributed by atoms with Gasteiger partial charge >= 0.3 is 11.9 Å². The van der Waals surface area contributed by atoms with E-state index >= 15 is 0 Å². The van der Waals surface area contributed by atoms with Crippen molar-refractivity contribution in [3.8, 4) is 0 Å². The molecule has 4 saturated heterocycles. The standard InChI is InChI=1S/C20H27NO6/c1-11(2)9-14-19-7-6-13-15(20(19)8-5-12(10-19)25-17(20)23)21(26-14)27-18(13,3)16(22)24-4/h9,12-15H,5-8,10H2,1-4H3/t12-,13-,14+,15-,18-,19+,20+/m0/s1. The number of carbonyl (C=O) groups is 2. The van der Waals surface area contributed by atoms with E-state index in [-0.39, 0.29) is 35.6 Å². The zero-order valence-corrected chi connectivity index (χ0v) is 16.3. The second kappa shape index (κ2) is 5.33. The van der Waals surface area contributed by atoms with Gasteiger partial charge in [-0.05, 0) is 52.9 Å². The summed E-state index contributed by atoms with van der Waals surface area (Å²) in [5, 5.41) is 1.45. The fourth-order valence-corrected chi connectivity index (χ4v) is 6.70. The van der Waals surface area contributed by atoms with Crippen LogP contribution in [0, 0.1) is 16.7 Å². The van der Waals surface area contributed by atoms with Crippen LogP contribution in [0.25, 0.3) is 0 Å². The lowest BCUT2D eigenvalue weighted by Gasteiger charge is -2.67. The van der Waals surface area contributed by atoms with Gasteiger partial charge in [-0.25, -0.2) is 4.79 Å². The van der Waals surface area contributed by atoms with Gasteiger partial charge < -0.3 is 9.47 Å². The summed E-state index contributed by atoms with van der Waals surface area (Å²) in [6.45, 7) is 5.82. The molecule has 148 valence electrons. The molecule has 4 heterocycles. The molecule has 0 aromatic heterocycles. The Balaban J connectivity index is 1.70. The van der Waals surface area contributed by atoms with Crippen LogP contribution in [0.5, 0.6) is 0 Å². The summed E-state index contributed by atoms with van der Waals surface area (Å²) in [5.41, 5.74) is -1.03. The summed E-state index contributed by atoms with van der Waals surface area (Å²) in [5.74, 6) is -0.739. The van der Waals surface area contributed by atoms with Crippen LogP contribution in [0.1, 0.15) is 52.9 Å². The normalized spacial score (nSPS) is 50.0. The van der Waals surface area contributed by atoms with Crippen molar-refractivity contribution in [3.05, 3.63) is 11.6 Å². The highest BCUT2D eigenvalue weighted by Crippen LogP contribution is 2.72. The Labute approximate surface area is 158 Å². The molecule has 7 atom stereocenters. The van der Waals surface area contributed by atoms with Crippen LogP contribution < -0.4 is 0 Å². The molecule has 6 fully saturated rings. The Hall–Kier alpha value is -1.44. The molecule has 0 N–H and O–H groups in total. The third kappa shape index (κ3) is 1.88. The summed E-state index contributed by atoms with van der Waals surface area (Å²) in [6, 6.07) is -0.328. The molecule has 0 aromatic carbocycles. The molecule has 1 spiro atoms. The van der Waals surface area contributed by atoms with Crippen molar-refractivity contribution >= 4 is 11.9 Å². The van der Waals surface area contributed by atoms with E-state index < -0.39 is 17.0 Å². The molecule has 6 rings (SSSR count). The number of rotatable bonds is 2. The fourth-order valence-electron chi connectivity index (χ4n) is 6.70. The zero-order chi connectivity index (χ0) is 19.2. The summed E-state index contributed by atoms with van der Waals surface area (Å²) in [4.78, 5) is 38.3. The number of carbonyl (C=O) groups excluding carboxylic acids is 2. The first-order valence-corrected chi connectivity index (χ1v) is 9.88. The van der Waals surface area contributed by atoms with Gasteiger partial charge in [0.05, 0.1) is 18.6 Å². The Morgan fingerprint density at radius 2 is 2.07 bits per heavy atom. The van der Waals surface area contributed by atoms with Crippen molar-refractivity contribution in [2.45, 2.75) is 76.7 Å². The molecule has 4 aliphatic heterocycles. The van der Waals surface area contributed by atoms with E-state index in [4.69, 9.17) is 19.1 Å². The number of hydroxylamine groups is 2. The summed E-state index contributed by atoms with van der Waals surface area (Å²) in [6.07, 6.45) is 5.85. The highest BCUT2D eigenvalue weighted by Gasteiger charge is 2.81. The van der Waals surface area contributed by atoms with Crippen LogP contribution in [0.15, 0.2) is 11.6 Å². The Morgan fingerprint density at radius 3 is 2.74 bits per heavy atom. The van der Waals surface area contributed by atoms with Crippen molar-refractivity contribution < 1.29 is 28.7 Å². The second-order valence-corrected chi connectivity index (χ2v) is 9.23. The maximum absolute atomic E-state index is 13.3. The van der Waals surface area contributed by atoms with E-state index in [1.807, 2.05) is 13.8 Å². The first kappa shape index (κ1) is 17.6. The number of ether oxygens (including phenoxy) is 2. The largest absolute Gasteiger partial charge is 0.467 e. The molecule has 7 nitrogen and oxygen atoms in total. The first-order valence-electron chi connectivity index (χ1n) is 9.88. The Morgan fingerprint density at radius 1 is 1.30 bits per heavy atom. The molecule has 7 heteroatoms. The van der Waals surface area contributed by atoms with Crippen molar-refractivity contribution in [1.29, 1.82) is 0 Å². The van der Waals surface area contributed by atoms with E-state index in [0.717, 1.165) is 37.7 Å². The quantitative estimate of drug-likeness (QED) is 0.540. The predicted molar refractivity (Wildman–Crippen MR) is 92.8 cm³/mol. The Kier molecular flexibility index (Phi) is 3.49. The lowest BCUT2D eigenvalue weighted by Crippen LogP contribution is -2.76. The van der Waals surface area contributed by atoms with Crippen LogP contribution in [0.2, 0.25) is 0 Å². The van der Waals surface area contributed by atoms with Gasteiger partial charge in [0.25, 0.3) is 0 Å². The van der Waals surface area contributed by atoms with Crippen LogP contribution in [-0.2, 0) is 28.7 Å². The van der Waals surface area contributed by atoms with Gasteiger partial charge in [-0.1, -0.05) is 16.9 Å². The smallest absolute Gasteiger partial charge is 0.340 e. The average molecular weight is 377 g/mol.